The third kappa shape index (κ3) is 6.68. The van der Waals surface area contributed by atoms with Gasteiger partial charge >= 0.3 is 6.09 Å². The topological polar surface area (TPSA) is 168 Å². The molecular formula is C34H40FN5O7S. The molecule has 4 aliphatic rings. The molecule has 1 aliphatic carbocycles. The fourth-order valence-corrected chi connectivity index (χ4v) is 8.20. The Hall–Kier alpha value is -4.30. The number of carbonyl (C=O) groups is 4. The molecule has 5 atom stereocenters. The van der Waals surface area contributed by atoms with Gasteiger partial charge in [-0.3, -0.25) is 19.3 Å². The highest BCUT2D eigenvalue weighted by atomic mass is 32.2. The quantitative estimate of drug-likeness (QED) is 0.414. The second-order valence-electron chi connectivity index (χ2n) is 13.1. The van der Waals surface area contributed by atoms with Crippen molar-refractivity contribution in [3.05, 3.63) is 77.1 Å². The lowest BCUT2D eigenvalue weighted by molar-refractivity contribution is -0.140. The highest BCUT2D eigenvalue weighted by molar-refractivity contribution is 7.90. The Kier molecular flexibility index (Phi) is 9.31. The molecule has 1 saturated carbocycles. The van der Waals surface area contributed by atoms with Crippen molar-refractivity contribution in [2.45, 2.75) is 93.6 Å². The molecule has 0 bridgehead atoms. The maximum Gasteiger partial charge on any atom is 0.410 e. The first kappa shape index (κ1) is 33.6. The van der Waals surface area contributed by atoms with Crippen LogP contribution in [0.2, 0.25) is 0 Å². The van der Waals surface area contributed by atoms with E-state index in [9.17, 15) is 32.0 Å². The SMILES string of the molecule is Cc1ccccc1S(=O)(=O)NC(=O)[C@@]12C[C@@H]1/C=C\CCCCCC(N)C(=O)N1C[C@H](OC(=O)N3Cc4cccc(F)c4C3)C[C@H]1C(=O)N2. The number of benzene rings is 2. The number of amides is 4. The number of fused-ring (bicyclic) bond motifs is 3. The molecule has 14 heteroatoms. The summed E-state index contributed by atoms with van der Waals surface area (Å²) in [6.07, 6.45) is 5.71. The Balaban J connectivity index is 1.22. The fraction of sp³-hybridized carbons (Fsp3) is 0.471. The molecule has 0 spiro atoms. The molecule has 4 N–H and O–H groups in total. The molecule has 2 aromatic rings. The molecule has 4 amide bonds. The van der Waals surface area contributed by atoms with E-state index >= 15 is 0 Å². The summed E-state index contributed by atoms with van der Waals surface area (Å²) in [6, 6.07) is 8.86. The molecule has 3 aliphatic heterocycles. The van der Waals surface area contributed by atoms with Crippen molar-refractivity contribution in [2.24, 2.45) is 11.7 Å². The number of hydrogen-bond acceptors (Lipinski definition) is 8. The molecule has 2 fully saturated rings. The predicted octanol–water partition coefficient (Wildman–Crippen LogP) is 2.78. The maximum atomic E-state index is 14.3. The standard InChI is InChI=1S/C34H40FN5O7S/c1-21-10-7-8-15-29(21)48(45,46)38-32(43)34-17-23(34)12-5-3-2-4-6-14-27(36)31(42)40-19-24(16-28(40)30(41)37-34)47-33(44)39-18-22-11-9-13-26(35)25(22)20-39/h5,7-13,15,23-24,27-28H,2-4,6,14,16-20,36H2,1H3,(H,37,41)(H,38,43)/b12-5-/t23-,24+,27?,28-,34+/m0/s1. The van der Waals surface area contributed by atoms with Gasteiger partial charge in [0.2, 0.25) is 11.8 Å². The van der Waals surface area contributed by atoms with E-state index in [0.29, 0.717) is 36.0 Å². The summed E-state index contributed by atoms with van der Waals surface area (Å²) in [7, 11) is -4.26. The number of ether oxygens (including phenoxy) is 1. The van der Waals surface area contributed by atoms with Crippen molar-refractivity contribution in [3.63, 3.8) is 0 Å². The van der Waals surface area contributed by atoms with Gasteiger partial charge < -0.3 is 20.7 Å². The van der Waals surface area contributed by atoms with E-state index in [-0.39, 0.29) is 37.4 Å². The van der Waals surface area contributed by atoms with Crippen molar-refractivity contribution in [1.82, 2.24) is 19.8 Å². The first-order valence-electron chi connectivity index (χ1n) is 16.3. The number of sulfonamides is 1. The fourth-order valence-electron chi connectivity index (χ4n) is 6.91. The van der Waals surface area contributed by atoms with Gasteiger partial charge in [0.25, 0.3) is 15.9 Å². The van der Waals surface area contributed by atoms with Gasteiger partial charge in [0, 0.05) is 24.4 Å². The molecular weight excluding hydrogens is 641 g/mol. The Morgan fingerprint density at radius 1 is 1.08 bits per heavy atom. The van der Waals surface area contributed by atoms with Crippen molar-refractivity contribution in [1.29, 1.82) is 0 Å². The molecule has 2 aromatic carbocycles. The largest absolute Gasteiger partial charge is 0.444 e. The van der Waals surface area contributed by atoms with Crippen LogP contribution in [0.15, 0.2) is 59.5 Å². The number of allylic oxidation sites excluding steroid dienone is 1. The summed E-state index contributed by atoms with van der Waals surface area (Å²) >= 11 is 0. The average Bonchev–Trinajstić information content (AvgIpc) is 3.34. The average molecular weight is 682 g/mol. The molecule has 6 rings (SSSR count). The molecule has 256 valence electrons. The second-order valence-corrected chi connectivity index (χ2v) is 14.8. The lowest BCUT2D eigenvalue weighted by Crippen LogP contribution is -2.57. The van der Waals surface area contributed by atoms with Gasteiger partial charge in [-0.25, -0.2) is 22.3 Å². The van der Waals surface area contributed by atoms with Crippen LogP contribution in [0.5, 0.6) is 0 Å². The lowest BCUT2D eigenvalue weighted by atomic mass is 10.1. The van der Waals surface area contributed by atoms with Crippen molar-refractivity contribution >= 4 is 33.8 Å². The minimum absolute atomic E-state index is 0.0307. The van der Waals surface area contributed by atoms with E-state index in [0.717, 1.165) is 12.8 Å². The van der Waals surface area contributed by atoms with Crippen LogP contribution in [0.25, 0.3) is 0 Å². The van der Waals surface area contributed by atoms with E-state index in [1.807, 2.05) is 12.2 Å². The van der Waals surface area contributed by atoms with Crippen LogP contribution in [0.3, 0.4) is 0 Å². The van der Waals surface area contributed by atoms with Gasteiger partial charge in [0.05, 0.1) is 24.0 Å². The lowest BCUT2D eigenvalue weighted by Gasteiger charge is -2.28. The Morgan fingerprint density at radius 2 is 1.88 bits per heavy atom. The minimum atomic E-state index is -4.26. The molecule has 0 aromatic heterocycles. The van der Waals surface area contributed by atoms with Crippen LogP contribution in [0, 0.1) is 18.7 Å². The minimum Gasteiger partial charge on any atom is -0.444 e. The molecule has 3 heterocycles. The zero-order valence-electron chi connectivity index (χ0n) is 26.7. The third-order valence-corrected chi connectivity index (χ3v) is 11.2. The van der Waals surface area contributed by atoms with Gasteiger partial charge in [-0.2, -0.15) is 0 Å². The molecule has 48 heavy (non-hydrogen) atoms. The van der Waals surface area contributed by atoms with Crippen LogP contribution in [0.4, 0.5) is 9.18 Å². The summed E-state index contributed by atoms with van der Waals surface area (Å²) in [6.45, 7) is 1.71. The van der Waals surface area contributed by atoms with E-state index in [4.69, 9.17) is 10.5 Å². The first-order valence-corrected chi connectivity index (χ1v) is 17.8. The number of aryl methyl sites for hydroxylation is 1. The van der Waals surface area contributed by atoms with Crippen molar-refractivity contribution < 1.29 is 36.7 Å². The number of nitrogens with two attached hydrogens (primary N) is 1. The number of halogens is 1. The summed E-state index contributed by atoms with van der Waals surface area (Å²) in [5.41, 5.74) is 6.27. The summed E-state index contributed by atoms with van der Waals surface area (Å²) in [4.78, 5) is 57.1. The zero-order valence-corrected chi connectivity index (χ0v) is 27.5. The van der Waals surface area contributed by atoms with Crippen LogP contribution >= 0.6 is 0 Å². The van der Waals surface area contributed by atoms with E-state index < -0.39 is 69.3 Å². The highest BCUT2D eigenvalue weighted by Crippen LogP contribution is 2.46. The van der Waals surface area contributed by atoms with Crippen LogP contribution in [-0.4, -0.2) is 72.3 Å². The van der Waals surface area contributed by atoms with Gasteiger partial charge in [0.1, 0.15) is 23.5 Å². The molecule has 1 saturated heterocycles. The monoisotopic (exact) mass is 681 g/mol. The molecule has 0 radical (unpaired) electrons. The van der Waals surface area contributed by atoms with E-state index in [2.05, 4.69) is 10.0 Å². The Bertz CT molecular complexity index is 1770. The van der Waals surface area contributed by atoms with Gasteiger partial charge in [-0.05, 0) is 55.9 Å². The van der Waals surface area contributed by atoms with E-state index in [1.54, 1.807) is 37.3 Å². The van der Waals surface area contributed by atoms with Gasteiger partial charge in [0.15, 0.2) is 0 Å². The number of carbonyl (C=O) groups excluding carboxylic acids is 4. The Morgan fingerprint density at radius 3 is 2.65 bits per heavy atom. The summed E-state index contributed by atoms with van der Waals surface area (Å²) < 4.78 is 48.7. The third-order valence-electron chi connectivity index (χ3n) is 9.75. The number of hydrogen-bond donors (Lipinski definition) is 3. The smallest absolute Gasteiger partial charge is 0.410 e. The summed E-state index contributed by atoms with van der Waals surface area (Å²) in [5, 5.41) is 2.79. The highest BCUT2D eigenvalue weighted by Gasteiger charge is 2.61. The van der Waals surface area contributed by atoms with Crippen molar-refractivity contribution in [3.8, 4) is 0 Å². The van der Waals surface area contributed by atoms with Crippen LogP contribution < -0.4 is 15.8 Å². The molecule has 1 unspecified atom stereocenters. The number of rotatable bonds is 4. The normalized spacial score (nSPS) is 28.2. The summed E-state index contributed by atoms with van der Waals surface area (Å²) in [5.74, 6) is -2.93. The first-order chi connectivity index (χ1) is 22.9. The van der Waals surface area contributed by atoms with Crippen LogP contribution in [-0.2, 0) is 42.2 Å². The predicted molar refractivity (Wildman–Crippen MR) is 172 cm³/mol. The molecule has 12 nitrogen and oxygen atoms in total. The number of nitrogens with zero attached hydrogens (tertiary/aromatic N) is 2. The Labute approximate surface area is 278 Å². The van der Waals surface area contributed by atoms with Crippen molar-refractivity contribution in [2.75, 3.05) is 6.54 Å². The van der Waals surface area contributed by atoms with Gasteiger partial charge in [-0.1, -0.05) is 55.3 Å². The second kappa shape index (κ2) is 13.3. The maximum absolute atomic E-state index is 14.3. The van der Waals surface area contributed by atoms with E-state index in [1.165, 1.54) is 21.9 Å². The van der Waals surface area contributed by atoms with Gasteiger partial charge in [-0.15, -0.1) is 0 Å². The zero-order chi connectivity index (χ0) is 34.2. The van der Waals surface area contributed by atoms with Crippen LogP contribution in [0.1, 0.15) is 61.6 Å². The number of nitrogens with one attached hydrogen (secondary N) is 2.